The molecule has 0 unspecified atom stereocenters. The Labute approximate surface area is 199 Å². The lowest BCUT2D eigenvalue weighted by molar-refractivity contribution is -0.118. The summed E-state index contributed by atoms with van der Waals surface area (Å²) in [6.07, 6.45) is 1.34. The normalized spacial score (nSPS) is 14.5. The van der Waals surface area contributed by atoms with Gasteiger partial charge in [0.05, 0.1) is 11.2 Å². The molecule has 4 N–H and O–H groups in total. The first-order chi connectivity index (χ1) is 16.1. The summed E-state index contributed by atoms with van der Waals surface area (Å²) < 4.78 is 25.9. The third-order valence-electron chi connectivity index (χ3n) is 6.35. The number of phenols is 2. The van der Waals surface area contributed by atoms with Gasteiger partial charge in [0.1, 0.15) is 0 Å². The van der Waals surface area contributed by atoms with Crippen molar-refractivity contribution in [3.63, 3.8) is 0 Å². The molecule has 3 aromatic carbocycles. The Bertz CT molecular complexity index is 1330. The van der Waals surface area contributed by atoms with Crippen molar-refractivity contribution >= 4 is 21.6 Å². The summed E-state index contributed by atoms with van der Waals surface area (Å²) in [6, 6.07) is 17.9. The maximum Gasteiger partial charge on any atom is 0.235 e. The van der Waals surface area contributed by atoms with Crippen molar-refractivity contribution in [1.82, 2.24) is 4.72 Å². The number of aromatic hydroxyl groups is 2. The zero-order valence-corrected chi connectivity index (χ0v) is 19.9. The molecule has 0 radical (unpaired) electrons. The van der Waals surface area contributed by atoms with Gasteiger partial charge in [-0.2, -0.15) is 0 Å². The second kappa shape index (κ2) is 9.12. The zero-order chi connectivity index (χ0) is 24.5. The Morgan fingerprint density at radius 1 is 0.971 bits per heavy atom. The molecule has 1 fully saturated rings. The number of rotatable bonds is 8. The van der Waals surface area contributed by atoms with Crippen LogP contribution in [0.3, 0.4) is 0 Å². The van der Waals surface area contributed by atoms with E-state index in [-0.39, 0.29) is 29.7 Å². The molecule has 0 heterocycles. The van der Waals surface area contributed by atoms with Gasteiger partial charge in [0.2, 0.25) is 15.9 Å². The third kappa shape index (κ3) is 4.93. The fourth-order valence-electron chi connectivity index (χ4n) is 3.95. The molecule has 0 aromatic heterocycles. The predicted molar refractivity (Wildman–Crippen MR) is 132 cm³/mol. The van der Waals surface area contributed by atoms with E-state index in [1.54, 1.807) is 13.0 Å². The van der Waals surface area contributed by atoms with Gasteiger partial charge in [-0.05, 0) is 78.8 Å². The summed E-state index contributed by atoms with van der Waals surface area (Å²) in [5.74, 6) is -0.555. The fourth-order valence-corrected chi connectivity index (χ4v) is 4.54. The van der Waals surface area contributed by atoms with Gasteiger partial charge in [-0.1, -0.05) is 36.4 Å². The minimum atomic E-state index is -3.25. The minimum absolute atomic E-state index is 0.0397. The highest BCUT2D eigenvalue weighted by Gasteiger charge is 2.51. The van der Waals surface area contributed by atoms with Crippen molar-refractivity contribution in [1.29, 1.82) is 0 Å². The molecule has 7 nitrogen and oxygen atoms in total. The van der Waals surface area contributed by atoms with Crippen LogP contribution in [0.15, 0.2) is 60.7 Å². The first-order valence-electron chi connectivity index (χ1n) is 11.1. The Morgan fingerprint density at radius 3 is 2.29 bits per heavy atom. The lowest BCUT2D eigenvalue weighted by Crippen LogP contribution is -2.27. The summed E-state index contributed by atoms with van der Waals surface area (Å²) in [5.41, 5.74) is 4.47. The number of nitrogens with one attached hydrogen (secondary N) is 2. The Hall–Kier alpha value is -3.36. The van der Waals surface area contributed by atoms with E-state index in [2.05, 4.69) is 10.0 Å². The number of amides is 1. The summed E-state index contributed by atoms with van der Waals surface area (Å²) in [6.45, 7) is 3.83. The Morgan fingerprint density at radius 2 is 1.68 bits per heavy atom. The minimum Gasteiger partial charge on any atom is -0.504 e. The lowest BCUT2D eigenvalue weighted by Gasteiger charge is -2.17. The average Bonchev–Trinajstić information content (AvgIpc) is 3.63. The molecule has 0 atom stereocenters. The molecule has 0 bridgehead atoms. The van der Waals surface area contributed by atoms with Crippen LogP contribution in [0.4, 0.5) is 5.69 Å². The lowest BCUT2D eigenvalue weighted by atomic mass is 9.94. The molecule has 1 aliphatic rings. The van der Waals surface area contributed by atoms with Crippen molar-refractivity contribution in [2.24, 2.45) is 0 Å². The fraction of sp³-hybridized carbons (Fsp3) is 0.269. The summed E-state index contributed by atoms with van der Waals surface area (Å²) in [4.78, 5) is 13.1. The molecular formula is C26H28N2O5S. The van der Waals surface area contributed by atoms with Crippen LogP contribution in [0.5, 0.6) is 11.5 Å². The van der Waals surface area contributed by atoms with E-state index in [0.29, 0.717) is 24.1 Å². The number of sulfonamides is 1. The summed E-state index contributed by atoms with van der Waals surface area (Å²) in [7, 11) is -3.25. The Kier molecular flexibility index (Phi) is 6.38. The topological polar surface area (TPSA) is 116 Å². The smallest absolute Gasteiger partial charge is 0.235 e. The molecule has 0 spiro atoms. The quantitative estimate of drug-likeness (QED) is 0.361. The molecule has 0 saturated heterocycles. The number of aryl methyl sites for hydroxylation is 1. The molecule has 1 amide bonds. The molecule has 178 valence electrons. The van der Waals surface area contributed by atoms with Crippen molar-refractivity contribution < 1.29 is 23.4 Å². The summed E-state index contributed by atoms with van der Waals surface area (Å²) in [5, 5.41) is 22.4. The van der Waals surface area contributed by atoms with Gasteiger partial charge in [-0.25, -0.2) is 13.1 Å². The molecule has 0 aliphatic heterocycles. The van der Waals surface area contributed by atoms with E-state index >= 15 is 0 Å². The number of carbonyl (C=O) groups excluding carboxylic acids is 1. The molecule has 1 aliphatic carbocycles. The maximum atomic E-state index is 13.1. The number of phenolic OH excluding ortho intramolecular Hbond substituents is 2. The van der Waals surface area contributed by atoms with Gasteiger partial charge in [0, 0.05) is 12.2 Å². The highest BCUT2D eigenvalue weighted by atomic mass is 32.2. The van der Waals surface area contributed by atoms with Crippen LogP contribution in [0.25, 0.3) is 11.1 Å². The number of hydrogen-bond donors (Lipinski definition) is 4. The molecule has 8 heteroatoms. The number of anilines is 1. The van der Waals surface area contributed by atoms with Crippen molar-refractivity contribution in [2.75, 3.05) is 11.1 Å². The van der Waals surface area contributed by atoms with E-state index in [1.165, 1.54) is 12.1 Å². The van der Waals surface area contributed by atoms with E-state index in [9.17, 15) is 23.4 Å². The highest BCUT2D eigenvalue weighted by Crippen LogP contribution is 2.50. The second-order valence-electron chi connectivity index (χ2n) is 8.69. The van der Waals surface area contributed by atoms with Crippen molar-refractivity contribution in [2.45, 2.75) is 38.6 Å². The number of carbonyl (C=O) groups is 1. The van der Waals surface area contributed by atoms with Crippen LogP contribution < -0.4 is 10.0 Å². The van der Waals surface area contributed by atoms with Crippen LogP contribution in [0.1, 0.15) is 36.5 Å². The summed E-state index contributed by atoms with van der Waals surface area (Å²) >= 11 is 0. The maximum absolute atomic E-state index is 13.1. The predicted octanol–water partition coefficient (Wildman–Crippen LogP) is 4.18. The molecule has 4 rings (SSSR count). The van der Waals surface area contributed by atoms with Crippen LogP contribution in [0.2, 0.25) is 0 Å². The SMILES string of the molecule is CCS(=O)(=O)NCc1ccc(-c2cc(NC(=O)C3(c4ccc(O)c(O)c4)CC3)ccc2C)cc1. The zero-order valence-electron chi connectivity index (χ0n) is 19.1. The van der Waals surface area contributed by atoms with E-state index in [4.69, 9.17) is 0 Å². The highest BCUT2D eigenvalue weighted by molar-refractivity contribution is 7.89. The number of hydrogen-bond acceptors (Lipinski definition) is 5. The second-order valence-corrected chi connectivity index (χ2v) is 10.8. The third-order valence-corrected chi connectivity index (χ3v) is 7.69. The van der Waals surface area contributed by atoms with Gasteiger partial charge >= 0.3 is 0 Å². The van der Waals surface area contributed by atoms with Crippen molar-refractivity contribution in [3.05, 3.63) is 77.4 Å². The molecular weight excluding hydrogens is 452 g/mol. The Balaban J connectivity index is 1.51. The van der Waals surface area contributed by atoms with E-state index < -0.39 is 15.4 Å². The molecule has 3 aromatic rings. The van der Waals surface area contributed by atoms with Crippen molar-refractivity contribution in [3.8, 4) is 22.6 Å². The van der Waals surface area contributed by atoms with Crippen LogP contribution >= 0.6 is 0 Å². The van der Waals surface area contributed by atoms with Gasteiger partial charge in [-0.3, -0.25) is 4.79 Å². The largest absolute Gasteiger partial charge is 0.504 e. The standard InChI is InChI=1S/C26H28N2O5S/c1-3-34(32,33)27-16-18-5-7-19(8-6-18)22-15-21(10-4-17(22)2)28-25(31)26(12-13-26)20-9-11-23(29)24(30)14-20/h4-11,14-15,27,29-30H,3,12-13,16H2,1-2H3,(H,28,31). The van der Waals surface area contributed by atoms with Gasteiger partial charge in [0.15, 0.2) is 11.5 Å². The van der Waals surface area contributed by atoms with Gasteiger partial charge < -0.3 is 15.5 Å². The molecule has 1 saturated carbocycles. The van der Waals surface area contributed by atoms with Crippen LogP contribution in [0, 0.1) is 6.92 Å². The van der Waals surface area contributed by atoms with Crippen LogP contribution in [-0.4, -0.2) is 30.3 Å². The first kappa shape index (κ1) is 23.8. The van der Waals surface area contributed by atoms with E-state index in [0.717, 1.165) is 22.3 Å². The van der Waals surface area contributed by atoms with Gasteiger partial charge in [0.25, 0.3) is 0 Å². The number of benzene rings is 3. The van der Waals surface area contributed by atoms with Gasteiger partial charge in [-0.15, -0.1) is 0 Å². The monoisotopic (exact) mass is 480 g/mol. The molecule has 34 heavy (non-hydrogen) atoms. The van der Waals surface area contributed by atoms with E-state index in [1.807, 2.05) is 49.4 Å². The van der Waals surface area contributed by atoms with Crippen LogP contribution in [-0.2, 0) is 26.8 Å². The first-order valence-corrected chi connectivity index (χ1v) is 12.8. The average molecular weight is 481 g/mol.